The van der Waals surface area contributed by atoms with Crippen LogP contribution in [0.3, 0.4) is 0 Å². The Balaban J connectivity index is 2.23. The summed E-state index contributed by atoms with van der Waals surface area (Å²) in [7, 11) is 0. The van der Waals surface area contributed by atoms with Crippen molar-refractivity contribution in [1.82, 2.24) is 0 Å². The molecule has 0 bridgehead atoms. The zero-order chi connectivity index (χ0) is 12.6. The van der Waals surface area contributed by atoms with Gasteiger partial charge in [0, 0.05) is 5.88 Å². The number of benzene rings is 1. The number of rotatable bonds is 8. The van der Waals surface area contributed by atoms with E-state index in [2.05, 4.69) is 13.8 Å². The third-order valence-corrected chi connectivity index (χ3v) is 3.76. The average Bonchev–Trinajstić information content (AvgIpc) is 2.36. The van der Waals surface area contributed by atoms with Crippen molar-refractivity contribution in [3.63, 3.8) is 0 Å². The van der Waals surface area contributed by atoms with Crippen LogP contribution < -0.4 is 4.74 Å². The van der Waals surface area contributed by atoms with E-state index in [9.17, 15) is 0 Å². The summed E-state index contributed by atoms with van der Waals surface area (Å²) in [6.45, 7) is 5.26. The van der Waals surface area contributed by atoms with Crippen molar-refractivity contribution in [2.45, 2.75) is 39.5 Å². The van der Waals surface area contributed by atoms with Crippen molar-refractivity contribution < 1.29 is 4.74 Å². The molecule has 0 saturated heterocycles. The molecule has 0 N–H and O–H groups in total. The average molecular weight is 255 g/mol. The van der Waals surface area contributed by atoms with Crippen LogP contribution in [0.1, 0.15) is 39.5 Å². The van der Waals surface area contributed by atoms with Crippen LogP contribution in [0, 0.1) is 5.41 Å². The molecule has 0 aromatic heterocycles. The van der Waals surface area contributed by atoms with Gasteiger partial charge in [-0.1, -0.05) is 38.5 Å². The first-order chi connectivity index (χ1) is 8.20. The molecule has 0 aliphatic heterocycles. The van der Waals surface area contributed by atoms with Gasteiger partial charge in [-0.3, -0.25) is 0 Å². The minimum atomic E-state index is 0.274. The summed E-state index contributed by atoms with van der Waals surface area (Å²) in [6, 6.07) is 9.98. The molecule has 1 unspecified atom stereocenters. The summed E-state index contributed by atoms with van der Waals surface area (Å²) in [5.74, 6) is 1.70. The third-order valence-electron chi connectivity index (χ3n) is 3.11. The van der Waals surface area contributed by atoms with Gasteiger partial charge in [0.05, 0.1) is 6.61 Å². The van der Waals surface area contributed by atoms with Gasteiger partial charge in [-0.15, -0.1) is 11.6 Å². The predicted octanol–water partition coefficient (Wildman–Crippen LogP) is 4.89. The summed E-state index contributed by atoms with van der Waals surface area (Å²) in [4.78, 5) is 0. The van der Waals surface area contributed by atoms with E-state index in [0.29, 0.717) is 0 Å². The molecule has 0 aliphatic carbocycles. The van der Waals surface area contributed by atoms with Gasteiger partial charge in [-0.2, -0.15) is 0 Å². The molecule has 1 nitrogen and oxygen atoms in total. The molecule has 96 valence electrons. The maximum Gasteiger partial charge on any atom is 0.119 e. The molecule has 0 heterocycles. The molecule has 1 aromatic carbocycles. The van der Waals surface area contributed by atoms with E-state index in [-0.39, 0.29) is 5.41 Å². The van der Waals surface area contributed by atoms with E-state index in [1.54, 1.807) is 0 Å². The molecule has 0 amide bonds. The fourth-order valence-electron chi connectivity index (χ4n) is 2.07. The third kappa shape index (κ3) is 5.45. The lowest BCUT2D eigenvalue weighted by atomic mass is 9.83. The van der Waals surface area contributed by atoms with Gasteiger partial charge in [0.2, 0.25) is 0 Å². The summed E-state index contributed by atoms with van der Waals surface area (Å²) in [5.41, 5.74) is 0.274. The molecule has 0 fully saturated rings. The minimum Gasteiger partial charge on any atom is -0.494 e. The summed E-state index contributed by atoms with van der Waals surface area (Å²) >= 11 is 6.04. The monoisotopic (exact) mass is 254 g/mol. The molecule has 0 spiro atoms. The van der Waals surface area contributed by atoms with Gasteiger partial charge >= 0.3 is 0 Å². The number of halogens is 1. The highest BCUT2D eigenvalue weighted by Gasteiger charge is 2.21. The van der Waals surface area contributed by atoms with Gasteiger partial charge in [-0.25, -0.2) is 0 Å². The SMILES string of the molecule is CCCC(C)(CCl)CCCOc1ccccc1. The van der Waals surface area contributed by atoms with Crippen molar-refractivity contribution in [3.8, 4) is 5.75 Å². The van der Waals surface area contributed by atoms with Crippen molar-refractivity contribution in [1.29, 1.82) is 0 Å². The highest BCUT2D eigenvalue weighted by Crippen LogP contribution is 2.30. The maximum atomic E-state index is 6.04. The highest BCUT2D eigenvalue weighted by atomic mass is 35.5. The van der Waals surface area contributed by atoms with Crippen LogP contribution in [0.5, 0.6) is 5.75 Å². The number of ether oxygens (including phenoxy) is 1. The second-order valence-electron chi connectivity index (χ2n) is 4.96. The highest BCUT2D eigenvalue weighted by molar-refractivity contribution is 6.18. The fraction of sp³-hybridized carbons (Fsp3) is 0.600. The molecule has 1 aromatic rings. The van der Waals surface area contributed by atoms with Crippen LogP contribution in [0.25, 0.3) is 0 Å². The van der Waals surface area contributed by atoms with E-state index in [4.69, 9.17) is 16.3 Å². The van der Waals surface area contributed by atoms with Gasteiger partial charge in [0.15, 0.2) is 0 Å². The largest absolute Gasteiger partial charge is 0.494 e. The summed E-state index contributed by atoms with van der Waals surface area (Å²) < 4.78 is 5.68. The predicted molar refractivity (Wildman–Crippen MR) is 74.9 cm³/mol. The summed E-state index contributed by atoms with van der Waals surface area (Å²) in [5, 5.41) is 0. The smallest absolute Gasteiger partial charge is 0.119 e. The van der Waals surface area contributed by atoms with E-state index < -0.39 is 0 Å². The topological polar surface area (TPSA) is 9.23 Å². The van der Waals surface area contributed by atoms with Gasteiger partial charge < -0.3 is 4.74 Å². The normalized spacial score (nSPS) is 14.3. The van der Waals surface area contributed by atoms with Gasteiger partial charge in [0.25, 0.3) is 0 Å². The zero-order valence-corrected chi connectivity index (χ0v) is 11.7. The van der Waals surface area contributed by atoms with Crippen LogP contribution >= 0.6 is 11.6 Å². The van der Waals surface area contributed by atoms with E-state index in [1.165, 1.54) is 12.8 Å². The Hall–Kier alpha value is -0.690. The molecule has 0 aliphatic rings. The Kier molecular flexibility index (Phi) is 6.43. The van der Waals surface area contributed by atoms with Crippen molar-refractivity contribution in [2.75, 3.05) is 12.5 Å². The minimum absolute atomic E-state index is 0.274. The van der Waals surface area contributed by atoms with Crippen molar-refractivity contribution in [2.24, 2.45) is 5.41 Å². The van der Waals surface area contributed by atoms with Crippen molar-refractivity contribution >= 4 is 11.6 Å². The second-order valence-corrected chi connectivity index (χ2v) is 5.23. The standard InChI is InChI=1S/C15H23ClO/c1-3-10-15(2,13-16)11-7-12-17-14-8-5-4-6-9-14/h4-6,8-9H,3,7,10-13H2,1-2H3. The molecule has 17 heavy (non-hydrogen) atoms. The molecular weight excluding hydrogens is 232 g/mol. The zero-order valence-electron chi connectivity index (χ0n) is 10.9. The molecule has 1 atom stereocenters. The van der Waals surface area contributed by atoms with Crippen LogP contribution in [0.2, 0.25) is 0 Å². The van der Waals surface area contributed by atoms with Crippen molar-refractivity contribution in [3.05, 3.63) is 30.3 Å². The number of para-hydroxylation sites is 1. The fourth-order valence-corrected chi connectivity index (χ4v) is 2.34. The Morgan fingerprint density at radius 3 is 2.47 bits per heavy atom. The second kappa shape index (κ2) is 7.60. The van der Waals surface area contributed by atoms with E-state index in [1.807, 2.05) is 30.3 Å². The summed E-state index contributed by atoms with van der Waals surface area (Å²) in [6.07, 6.45) is 4.60. The maximum absolute atomic E-state index is 6.04. The molecule has 0 saturated carbocycles. The van der Waals surface area contributed by atoms with E-state index >= 15 is 0 Å². The lowest BCUT2D eigenvalue weighted by molar-refractivity contribution is 0.247. The molecule has 2 heteroatoms. The first kappa shape index (κ1) is 14.4. The Bertz CT molecular complexity index is 299. The van der Waals surface area contributed by atoms with Crippen LogP contribution in [0.4, 0.5) is 0 Å². The van der Waals surface area contributed by atoms with Crippen LogP contribution in [0.15, 0.2) is 30.3 Å². The van der Waals surface area contributed by atoms with Gasteiger partial charge in [-0.05, 0) is 36.8 Å². The molecular formula is C15H23ClO. The molecule has 0 radical (unpaired) electrons. The first-order valence-electron chi connectivity index (χ1n) is 6.44. The quantitative estimate of drug-likeness (QED) is 0.474. The first-order valence-corrected chi connectivity index (χ1v) is 6.97. The Morgan fingerprint density at radius 1 is 1.18 bits per heavy atom. The Labute approximate surface area is 110 Å². The van der Waals surface area contributed by atoms with Crippen LogP contribution in [-0.4, -0.2) is 12.5 Å². The number of hydrogen-bond donors (Lipinski definition) is 0. The lowest BCUT2D eigenvalue weighted by Gasteiger charge is -2.26. The Morgan fingerprint density at radius 2 is 1.88 bits per heavy atom. The van der Waals surface area contributed by atoms with Crippen LogP contribution in [-0.2, 0) is 0 Å². The number of alkyl halides is 1. The molecule has 1 rings (SSSR count). The van der Waals surface area contributed by atoms with Gasteiger partial charge in [0.1, 0.15) is 5.75 Å². The lowest BCUT2D eigenvalue weighted by Crippen LogP contribution is -2.19. The van der Waals surface area contributed by atoms with E-state index in [0.717, 1.165) is 31.1 Å². The number of hydrogen-bond acceptors (Lipinski definition) is 1.